The van der Waals surface area contributed by atoms with Gasteiger partial charge in [0.15, 0.2) is 0 Å². The monoisotopic (exact) mass is 344 g/mol. The lowest BCUT2D eigenvalue weighted by Crippen LogP contribution is -2.20. The number of nitrogens with two attached hydrogens (primary N) is 1. The third-order valence-corrected chi connectivity index (χ3v) is 2.89. The summed E-state index contributed by atoms with van der Waals surface area (Å²) in [6.45, 7) is 1.81. The Balaban J connectivity index is 0.00000484. The van der Waals surface area contributed by atoms with E-state index in [1.807, 2.05) is 0 Å². The minimum Gasteiger partial charge on any atom is -0.465 e. The second kappa shape index (κ2) is 9.81. The van der Waals surface area contributed by atoms with E-state index in [4.69, 9.17) is 5.73 Å². The standard InChI is InChI=1S/C15H20N2O5.ClH/c1-9(16)4-5-13(18)17-12-7-10(14(19)21-2)6-11(8-12)15(20)22-3;/h6-9H,4-5,16H2,1-3H3,(H,17,18);1H. The van der Waals surface area contributed by atoms with Gasteiger partial charge in [0.1, 0.15) is 0 Å². The summed E-state index contributed by atoms with van der Waals surface area (Å²) in [5.74, 6) is -1.48. The highest BCUT2D eigenvalue weighted by atomic mass is 35.5. The largest absolute Gasteiger partial charge is 0.465 e. The molecule has 1 amide bonds. The van der Waals surface area contributed by atoms with Crippen LogP contribution in [0.3, 0.4) is 0 Å². The van der Waals surface area contributed by atoms with Gasteiger partial charge in [-0.25, -0.2) is 9.59 Å². The van der Waals surface area contributed by atoms with E-state index in [0.717, 1.165) is 0 Å². The molecule has 3 N–H and O–H groups in total. The fraction of sp³-hybridized carbons (Fsp3) is 0.400. The molecule has 0 aliphatic carbocycles. The van der Waals surface area contributed by atoms with Crippen LogP contribution in [0.4, 0.5) is 5.69 Å². The van der Waals surface area contributed by atoms with Crippen molar-refractivity contribution in [2.75, 3.05) is 19.5 Å². The fourth-order valence-electron chi connectivity index (χ4n) is 1.75. The summed E-state index contributed by atoms with van der Waals surface area (Å²) in [6, 6.07) is 4.12. The van der Waals surface area contributed by atoms with E-state index in [9.17, 15) is 14.4 Å². The van der Waals surface area contributed by atoms with E-state index in [1.54, 1.807) is 6.92 Å². The zero-order chi connectivity index (χ0) is 16.7. The van der Waals surface area contributed by atoms with Crippen molar-refractivity contribution in [2.24, 2.45) is 5.73 Å². The first-order valence-electron chi connectivity index (χ1n) is 6.74. The number of benzene rings is 1. The van der Waals surface area contributed by atoms with Gasteiger partial charge in [-0.1, -0.05) is 0 Å². The number of carbonyl (C=O) groups excluding carboxylic acids is 3. The van der Waals surface area contributed by atoms with Crippen LogP contribution in [0, 0.1) is 0 Å². The van der Waals surface area contributed by atoms with Crippen molar-refractivity contribution in [3.63, 3.8) is 0 Å². The topological polar surface area (TPSA) is 108 Å². The molecule has 23 heavy (non-hydrogen) atoms. The second-order valence-electron chi connectivity index (χ2n) is 4.85. The molecule has 1 unspecified atom stereocenters. The van der Waals surface area contributed by atoms with E-state index in [2.05, 4.69) is 14.8 Å². The van der Waals surface area contributed by atoms with Crippen LogP contribution in [0.15, 0.2) is 18.2 Å². The molecule has 0 heterocycles. The maximum absolute atomic E-state index is 11.8. The highest BCUT2D eigenvalue weighted by molar-refractivity contribution is 5.99. The summed E-state index contributed by atoms with van der Waals surface area (Å²) in [4.78, 5) is 35.1. The smallest absolute Gasteiger partial charge is 0.337 e. The molecule has 0 saturated heterocycles. The van der Waals surface area contributed by atoms with E-state index in [0.29, 0.717) is 12.1 Å². The lowest BCUT2D eigenvalue weighted by Gasteiger charge is -2.10. The summed E-state index contributed by atoms with van der Waals surface area (Å²) >= 11 is 0. The highest BCUT2D eigenvalue weighted by Gasteiger charge is 2.15. The van der Waals surface area contributed by atoms with Crippen molar-refractivity contribution in [1.29, 1.82) is 0 Å². The number of ether oxygens (including phenoxy) is 2. The Kier molecular flexibility index (Phi) is 8.90. The number of rotatable bonds is 6. The van der Waals surface area contributed by atoms with Crippen molar-refractivity contribution < 1.29 is 23.9 Å². The molecule has 0 bridgehead atoms. The van der Waals surface area contributed by atoms with Crippen LogP contribution in [-0.2, 0) is 14.3 Å². The number of halogens is 1. The molecule has 0 spiro atoms. The van der Waals surface area contributed by atoms with Crippen molar-refractivity contribution in [3.8, 4) is 0 Å². The van der Waals surface area contributed by atoms with Gasteiger partial charge in [-0.2, -0.15) is 0 Å². The number of anilines is 1. The summed E-state index contributed by atoms with van der Waals surface area (Å²) in [5, 5.41) is 2.63. The third-order valence-electron chi connectivity index (χ3n) is 2.89. The first-order valence-corrected chi connectivity index (χ1v) is 6.74. The molecule has 1 rings (SSSR count). The number of methoxy groups -OCH3 is 2. The van der Waals surface area contributed by atoms with E-state index < -0.39 is 11.9 Å². The summed E-state index contributed by atoms with van der Waals surface area (Å²) < 4.78 is 9.25. The molecule has 1 aromatic rings. The first-order chi connectivity index (χ1) is 10.4. The summed E-state index contributed by atoms with van der Waals surface area (Å²) in [6.07, 6.45) is 0.778. The molecule has 7 nitrogen and oxygen atoms in total. The normalized spacial score (nSPS) is 11.0. The minimum absolute atomic E-state index is 0. The average Bonchev–Trinajstić information content (AvgIpc) is 2.50. The van der Waals surface area contributed by atoms with Crippen molar-refractivity contribution in [1.82, 2.24) is 0 Å². The van der Waals surface area contributed by atoms with Crippen LogP contribution in [0.5, 0.6) is 0 Å². The first kappa shape index (κ1) is 20.9. The molecule has 0 saturated carbocycles. The van der Waals surface area contributed by atoms with Gasteiger partial charge < -0.3 is 20.5 Å². The van der Waals surface area contributed by atoms with Crippen molar-refractivity contribution in [2.45, 2.75) is 25.8 Å². The Hall–Kier alpha value is -2.12. The number of hydrogen-bond acceptors (Lipinski definition) is 6. The fourth-order valence-corrected chi connectivity index (χ4v) is 1.75. The molecule has 0 aliphatic rings. The zero-order valence-corrected chi connectivity index (χ0v) is 14.1. The van der Waals surface area contributed by atoms with Crippen LogP contribution < -0.4 is 11.1 Å². The number of nitrogens with one attached hydrogen (secondary N) is 1. The number of esters is 2. The molecule has 0 aromatic heterocycles. The van der Waals surface area contributed by atoms with Gasteiger partial charge in [0, 0.05) is 18.2 Å². The van der Waals surface area contributed by atoms with Crippen LogP contribution in [-0.4, -0.2) is 38.1 Å². The Morgan fingerprint density at radius 2 is 1.57 bits per heavy atom. The Morgan fingerprint density at radius 1 is 1.09 bits per heavy atom. The maximum Gasteiger partial charge on any atom is 0.337 e. The highest BCUT2D eigenvalue weighted by Crippen LogP contribution is 2.17. The molecule has 1 aromatic carbocycles. The predicted octanol–water partition coefficient (Wildman–Crippen LogP) is 1.75. The minimum atomic E-state index is -0.614. The van der Waals surface area contributed by atoms with Crippen LogP contribution in [0.1, 0.15) is 40.5 Å². The van der Waals surface area contributed by atoms with Crippen molar-refractivity contribution >= 4 is 35.9 Å². The molecule has 0 fully saturated rings. The van der Waals surface area contributed by atoms with Crippen LogP contribution in [0.25, 0.3) is 0 Å². The van der Waals surface area contributed by atoms with Gasteiger partial charge in [0.05, 0.1) is 25.3 Å². The average molecular weight is 345 g/mol. The Bertz CT molecular complexity index is 541. The van der Waals surface area contributed by atoms with E-state index in [1.165, 1.54) is 32.4 Å². The Morgan fingerprint density at radius 3 is 1.96 bits per heavy atom. The van der Waals surface area contributed by atoms with Crippen LogP contribution >= 0.6 is 12.4 Å². The zero-order valence-electron chi connectivity index (χ0n) is 13.3. The predicted molar refractivity (Wildman–Crippen MR) is 87.9 cm³/mol. The lowest BCUT2D eigenvalue weighted by molar-refractivity contribution is -0.116. The van der Waals surface area contributed by atoms with Gasteiger partial charge >= 0.3 is 11.9 Å². The molecule has 0 radical (unpaired) electrons. The molecular weight excluding hydrogens is 324 g/mol. The lowest BCUT2D eigenvalue weighted by atomic mass is 10.1. The van der Waals surface area contributed by atoms with Crippen LogP contribution in [0.2, 0.25) is 0 Å². The number of carbonyl (C=O) groups is 3. The number of amides is 1. The second-order valence-corrected chi connectivity index (χ2v) is 4.85. The van der Waals surface area contributed by atoms with Gasteiger partial charge in [-0.3, -0.25) is 4.79 Å². The van der Waals surface area contributed by atoms with Gasteiger partial charge in [0.2, 0.25) is 5.91 Å². The SMILES string of the molecule is COC(=O)c1cc(NC(=O)CCC(C)N)cc(C(=O)OC)c1.Cl. The molecule has 8 heteroatoms. The van der Waals surface area contributed by atoms with Gasteiger partial charge in [0.25, 0.3) is 0 Å². The molecule has 0 aliphatic heterocycles. The maximum atomic E-state index is 11.8. The molecule has 128 valence electrons. The van der Waals surface area contributed by atoms with Gasteiger partial charge in [-0.05, 0) is 31.5 Å². The number of hydrogen-bond donors (Lipinski definition) is 2. The Labute approximate surface area is 140 Å². The summed E-state index contributed by atoms with van der Waals surface area (Å²) in [7, 11) is 2.46. The molecule has 1 atom stereocenters. The van der Waals surface area contributed by atoms with Gasteiger partial charge in [-0.15, -0.1) is 12.4 Å². The summed E-state index contributed by atoms with van der Waals surface area (Å²) in [5.41, 5.74) is 6.21. The van der Waals surface area contributed by atoms with E-state index in [-0.39, 0.29) is 41.9 Å². The van der Waals surface area contributed by atoms with Crippen molar-refractivity contribution in [3.05, 3.63) is 29.3 Å². The van der Waals surface area contributed by atoms with E-state index >= 15 is 0 Å². The third kappa shape index (κ3) is 6.66. The quantitative estimate of drug-likeness (QED) is 0.761. The molecular formula is C15H21ClN2O5.